The number of aromatic hydroxyl groups is 1. The number of piperazine rings is 1. The van der Waals surface area contributed by atoms with Crippen molar-refractivity contribution >= 4 is 11.7 Å². The molecule has 2 aliphatic heterocycles. The van der Waals surface area contributed by atoms with Gasteiger partial charge in [-0.15, -0.1) is 0 Å². The van der Waals surface area contributed by atoms with Crippen LogP contribution in [0.3, 0.4) is 0 Å². The van der Waals surface area contributed by atoms with Gasteiger partial charge in [0.2, 0.25) is 0 Å². The van der Waals surface area contributed by atoms with Gasteiger partial charge in [-0.25, -0.2) is 0 Å². The van der Waals surface area contributed by atoms with Crippen LogP contribution in [0.2, 0.25) is 0 Å². The Morgan fingerprint density at radius 3 is 2.44 bits per heavy atom. The van der Waals surface area contributed by atoms with E-state index in [1.807, 2.05) is 17.0 Å². The molecule has 0 radical (unpaired) electrons. The molecule has 0 amide bonds. The number of rotatable bonds is 7. The number of piperidine rings is 1. The second kappa shape index (κ2) is 11.5. The predicted octanol–water partition coefficient (Wildman–Crippen LogP) is 4.38. The predicted molar refractivity (Wildman–Crippen MR) is 132 cm³/mol. The first-order valence-corrected chi connectivity index (χ1v) is 12.5. The highest BCUT2D eigenvalue weighted by molar-refractivity contribution is 5.69. The molecule has 4 rings (SSSR count). The van der Waals surface area contributed by atoms with Crippen LogP contribution in [0.25, 0.3) is 0 Å². The molecule has 2 aliphatic rings. The molecule has 2 aromatic carbocycles. The topological polar surface area (TPSA) is 56.2 Å². The van der Waals surface area contributed by atoms with E-state index in [0.717, 1.165) is 57.2 Å². The number of phenols is 1. The maximum absolute atomic E-state index is 13.2. The van der Waals surface area contributed by atoms with Crippen molar-refractivity contribution in [1.82, 2.24) is 9.80 Å². The second-order valence-electron chi connectivity index (χ2n) is 9.70. The average Bonchev–Trinajstić information content (AvgIpc) is 2.88. The van der Waals surface area contributed by atoms with Gasteiger partial charge in [-0.1, -0.05) is 18.2 Å². The Balaban J connectivity index is 1.39. The number of benzene rings is 2. The van der Waals surface area contributed by atoms with Crippen LogP contribution in [0.15, 0.2) is 48.5 Å². The van der Waals surface area contributed by atoms with E-state index < -0.39 is 11.7 Å². The number of methoxy groups -OCH3 is 1. The number of esters is 1. The van der Waals surface area contributed by atoms with Gasteiger partial charge in [0.25, 0.3) is 0 Å². The zero-order valence-electron chi connectivity index (χ0n) is 20.6. The minimum atomic E-state index is -4.35. The van der Waals surface area contributed by atoms with Crippen LogP contribution in [0.1, 0.15) is 30.4 Å². The number of anilines is 1. The van der Waals surface area contributed by atoms with Crippen LogP contribution in [0.5, 0.6) is 5.75 Å². The molecule has 6 nitrogen and oxygen atoms in total. The van der Waals surface area contributed by atoms with Crippen LogP contribution < -0.4 is 4.90 Å². The highest BCUT2D eigenvalue weighted by Crippen LogP contribution is 2.33. The lowest BCUT2D eigenvalue weighted by atomic mass is 9.86. The number of likely N-dealkylation sites (tertiary alicyclic amines) is 1. The maximum atomic E-state index is 13.2. The molecule has 0 aromatic heterocycles. The van der Waals surface area contributed by atoms with Crippen LogP contribution in [0, 0.1) is 5.92 Å². The lowest BCUT2D eigenvalue weighted by Gasteiger charge is -2.47. The molecule has 0 aliphatic carbocycles. The summed E-state index contributed by atoms with van der Waals surface area (Å²) >= 11 is 0. The molecule has 9 heteroatoms. The Bertz CT molecular complexity index is 1010. The molecule has 2 heterocycles. The third-order valence-corrected chi connectivity index (χ3v) is 7.39. The van der Waals surface area contributed by atoms with Crippen LogP contribution >= 0.6 is 0 Å². The largest absolute Gasteiger partial charge is 0.508 e. The Morgan fingerprint density at radius 1 is 1.06 bits per heavy atom. The number of hydrogen-bond acceptors (Lipinski definition) is 6. The average molecular weight is 506 g/mol. The van der Waals surface area contributed by atoms with E-state index in [0.29, 0.717) is 31.2 Å². The Morgan fingerprint density at radius 2 is 1.78 bits per heavy atom. The van der Waals surface area contributed by atoms with Gasteiger partial charge in [0.15, 0.2) is 0 Å². The van der Waals surface area contributed by atoms with Gasteiger partial charge in [0.05, 0.1) is 12.7 Å². The fourth-order valence-corrected chi connectivity index (χ4v) is 5.46. The molecule has 36 heavy (non-hydrogen) atoms. The summed E-state index contributed by atoms with van der Waals surface area (Å²) in [6.07, 6.45) is -2.28. The van der Waals surface area contributed by atoms with Gasteiger partial charge >= 0.3 is 12.1 Å². The summed E-state index contributed by atoms with van der Waals surface area (Å²) in [6, 6.07) is 13.1. The van der Waals surface area contributed by atoms with E-state index in [-0.39, 0.29) is 17.6 Å². The summed E-state index contributed by atoms with van der Waals surface area (Å²) < 4.78 is 44.3. The van der Waals surface area contributed by atoms with Crippen molar-refractivity contribution in [2.75, 3.05) is 51.3 Å². The molecular weight excluding hydrogens is 471 g/mol. The fourth-order valence-electron chi connectivity index (χ4n) is 5.46. The molecule has 0 bridgehead atoms. The van der Waals surface area contributed by atoms with Crippen molar-refractivity contribution in [2.24, 2.45) is 5.92 Å². The highest BCUT2D eigenvalue weighted by atomic mass is 19.4. The number of hydrogen-bond donors (Lipinski definition) is 1. The number of alkyl halides is 3. The van der Waals surface area contributed by atoms with Crippen molar-refractivity contribution in [2.45, 2.75) is 38.0 Å². The van der Waals surface area contributed by atoms with E-state index in [1.165, 1.54) is 19.2 Å². The summed E-state index contributed by atoms with van der Waals surface area (Å²) in [7, 11) is 1.41. The normalized spacial score (nSPS) is 21.9. The summed E-state index contributed by atoms with van der Waals surface area (Å²) in [4.78, 5) is 18.7. The Kier molecular flexibility index (Phi) is 8.41. The molecule has 0 saturated carbocycles. The molecule has 2 aromatic rings. The molecule has 196 valence electrons. The van der Waals surface area contributed by atoms with Crippen LogP contribution in [0.4, 0.5) is 18.9 Å². The second-order valence-corrected chi connectivity index (χ2v) is 9.70. The number of carbonyl (C=O) groups excluding carboxylic acids is 1. The molecular formula is C27H34F3N3O3. The third-order valence-electron chi connectivity index (χ3n) is 7.39. The van der Waals surface area contributed by atoms with Crippen molar-refractivity contribution in [1.29, 1.82) is 0 Å². The van der Waals surface area contributed by atoms with Gasteiger partial charge in [0, 0.05) is 57.4 Å². The minimum Gasteiger partial charge on any atom is -0.508 e. The van der Waals surface area contributed by atoms with Gasteiger partial charge in [-0.2, -0.15) is 13.2 Å². The summed E-state index contributed by atoms with van der Waals surface area (Å²) in [5.74, 6) is 0.325. The zero-order chi connectivity index (χ0) is 25.7. The number of ether oxygens (including phenoxy) is 1. The lowest BCUT2D eigenvalue weighted by Crippen LogP contribution is -2.56. The Labute approximate surface area is 210 Å². The standard InChI is InChI=1S/C27H34F3N3O3/c1-36-26(35)10-7-21-19-31(18-20-5-8-24(34)9-6-20)12-11-25(21)33-15-13-32(14-16-33)23-4-2-3-22(17-23)27(28,29)30/h2-6,8-9,17,21,25,34H,7,10-16,18-19H2,1H3/t21-,25+/m1/s1. The first kappa shape index (κ1) is 26.3. The number of carbonyl (C=O) groups is 1. The molecule has 0 spiro atoms. The van der Waals surface area contributed by atoms with E-state index in [1.54, 1.807) is 18.2 Å². The fraction of sp³-hybridized carbons (Fsp3) is 0.519. The van der Waals surface area contributed by atoms with E-state index in [9.17, 15) is 23.1 Å². The van der Waals surface area contributed by atoms with Gasteiger partial charge < -0.3 is 14.7 Å². The maximum Gasteiger partial charge on any atom is 0.416 e. The highest BCUT2D eigenvalue weighted by Gasteiger charge is 2.35. The first-order chi connectivity index (χ1) is 17.2. The quantitative estimate of drug-likeness (QED) is 0.564. The summed E-state index contributed by atoms with van der Waals surface area (Å²) in [6.45, 7) is 5.44. The molecule has 0 unspecified atom stereocenters. The van der Waals surface area contributed by atoms with Crippen LogP contribution in [-0.4, -0.2) is 73.3 Å². The lowest BCUT2D eigenvalue weighted by molar-refractivity contribution is -0.141. The van der Waals surface area contributed by atoms with E-state index >= 15 is 0 Å². The van der Waals surface area contributed by atoms with Gasteiger partial charge in [-0.05, 0) is 61.2 Å². The van der Waals surface area contributed by atoms with Crippen molar-refractivity contribution in [3.05, 3.63) is 59.7 Å². The van der Waals surface area contributed by atoms with Crippen LogP contribution in [-0.2, 0) is 22.3 Å². The third kappa shape index (κ3) is 6.70. The molecule has 2 saturated heterocycles. The van der Waals surface area contributed by atoms with Gasteiger partial charge in [-0.3, -0.25) is 14.6 Å². The Hall–Kier alpha value is -2.78. The summed E-state index contributed by atoms with van der Waals surface area (Å²) in [5.41, 5.74) is 1.12. The number of halogens is 3. The molecule has 2 fully saturated rings. The summed E-state index contributed by atoms with van der Waals surface area (Å²) in [5, 5.41) is 9.55. The number of nitrogens with zero attached hydrogens (tertiary/aromatic N) is 3. The van der Waals surface area contributed by atoms with E-state index in [2.05, 4.69) is 9.80 Å². The van der Waals surface area contributed by atoms with Crippen molar-refractivity contribution < 1.29 is 27.8 Å². The monoisotopic (exact) mass is 505 g/mol. The smallest absolute Gasteiger partial charge is 0.416 e. The minimum absolute atomic E-state index is 0.209. The van der Waals surface area contributed by atoms with Crippen molar-refractivity contribution in [3.8, 4) is 5.75 Å². The molecule has 2 atom stereocenters. The zero-order valence-corrected chi connectivity index (χ0v) is 20.6. The SMILES string of the molecule is COC(=O)CC[C@@H]1CN(Cc2ccc(O)cc2)CC[C@@H]1N1CCN(c2cccc(C(F)(F)F)c2)CC1. The van der Waals surface area contributed by atoms with Gasteiger partial charge in [0.1, 0.15) is 5.75 Å². The number of phenolic OH excluding ortho intramolecular Hbond substituents is 1. The molecule has 1 N–H and O–H groups in total. The first-order valence-electron chi connectivity index (χ1n) is 12.5. The van der Waals surface area contributed by atoms with Crippen molar-refractivity contribution in [3.63, 3.8) is 0 Å². The van der Waals surface area contributed by atoms with E-state index in [4.69, 9.17) is 4.74 Å².